The third kappa shape index (κ3) is 3.21. The van der Waals surface area contributed by atoms with Crippen LogP contribution in [0, 0.1) is 6.92 Å². The molecule has 0 spiro atoms. The molecule has 1 aromatic rings. The molecule has 0 aromatic heterocycles. The van der Waals surface area contributed by atoms with Gasteiger partial charge in [-0.15, -0.1) is 0 Å². The number of rotatable bonds is 6. The van der Waals surface area contributed by atoms with E-state index in [0.29, 0.717) is 12.1 Å². The van der Waals surface area contributed by atoms with Crippen LogP contribution in [0.1, 0.15) is 25.8 Å². The van der Waals surface area contributed by atoms with Gasteiger partial charge in [0.05, 0.1) is 10.7 Å². The molecule has 0 aliphatic rings. The van der Waals surface area contributed by atoms with E-state index in [9.17, 15) is 13.5 Å². The summed E-state index contributed by atoms with van der Waals surface area (Å²) in [4.78, 5) is -0.0382. The number of thiocarbonyl (C=S) groups is 1. The fourth-order valence-corrected chi connectivity index (χ4v) is 4.45. The van der Waals surface area contributed by atoms with E-state index in [0.717, 1.165) is 5.56 Å². The Morgan fingerprint density at radius 3 is 2.50 bits per heavy atom. The number of nitrogens with two attached hydrogens (primary N) is 1. The van der Waals surface area contributed by atoms with E-state index in [2.05, 4.69) is 0 Å². The van der Waals surface area contributed by atoms with Crippen LogP contribution in [0.15, 0.2) is 18.2 Å². The Morgan fingerprint density at radius 2 is 2.05 bits per heavy atom. The highest BCUT2D eigenvalue weighted by atomic mass is 32.2. The Kier molecular flexibility index (Phi) is 5.35. The first-order valence-electron chi connectivity index (χ1n) is 6.36. The van der Waals surface area contributed by atoms with Gasteiger partial charge in [0, 0.05) is 12.6 Å². The lowest BCUT2D eigenvalue weighted by Gasteiger charge is -2.28. The molecule has 1 unspecified atom stereocenters. The summed E-state index contributed by atoms with van der Waals surface area (Å²) in [7, 11) is -3.70. The summed E-state index contributed by atoms with van der Waals surface area (Å²) >= 11 is 4.86. The molecule has 0 bridgehead atoms. The summed E-state index contributed by atoms with van der Waals surface area (Å²) in [6.07, 6.45) is 0.312. The van der Waals surface area contributed by atoms with Crippen LogP contribution in [0.25, 0.3) is 0 Å². The van der Waals surface area contributed by atoms with E-state index in [1.165, 1.54) is 16.4 Å². The average molecular weight is 316 g/mol. The highest BCUT2D eigenvalue weighted by Crippen LogP contribution is 2.29. The Morgan fingerprint density at radius 1 is 1.45 bits per heavy atom. The van der Waals surface area contributed by atoms with Crippen LogP contribution in [0.2, 0.25) is 0 Å². The van der Waals surface area contributed by atoms with E-state index in [1.807, 2.05) is 0 Å². The maximum absolute atomic E-state index is 12.7. The Balaban J connectivity index is 3.38. The number of sulfonamides is 1. The molecular weight excluding hydrogens is 296 g/mol. The van der Waals surface area contributed by atoms with Crippen molar-refractivity contribution in [3.8, 4) is 5.75 Å². The van der Waals surface area contributed by atoms with Gasteiger partial charge in [-0.2, -0.15) is 0 Å². The third-order valence-corrected chi connectivity index (χ3v) is 5.91. The minimum Gasteiger partial charge on any atom is -0.508 e. The van der Waals surface area contributed by atoms with Gasteiger partial charge < -0.3 is 10.8 Å². The second-order valence-corrected chi connectivity index (χ2v) is 6.99. The van der Waals surface area contributed by atoms with Crippen LogP contribution < -0.4 is 10.0 Å². The van der Waals surface area contributed by atoms with E-state index < -0.39 is 15.3 Å². The van der Waals surface area contributed by atoms with Crippen molar-refractivity contribution in [2.45, 2.75) is 32.4 Å². The smallest absolute Gasteiger partial charge is 0.244 e. The second-order valence-electron chi connectivity index (χ2n) is 4.48. The predicted molar refractivity (Wildman–Crippen MR) is 85.6 cm³/mol. The molecule has 1 rings (SSSR count). The molecule has 5 nitrogen and oxygen atoms in total. The highest BCUT2D eigenvalue weighted by Gasteiger charge is 2.33. The predicted octanol–water partition coefficient (Wildman–Crippen LogP) is 1.92. The molecule has 0 saturated carbocycles. The molecule has 0 aliphatic heterocycles. The molecule has 7 heteroatoms. The zero-order valence-electron chi connectivity index (χ0n) is 11.8. The molecule has 0 heterocycles. The highest BCUT2D eigenvalue weighted by molar-refractivity contribution is 7.95. The van der Waals surface area contributed by atoms with Crippen molar-refractivity contribution in [1.29, 1.82) is 0 Å². The number of phenolic OH excluding ortho intramolecular Hbond substituents is 1. The topological polar surface area (TPSA) is 83.6 Å². The third-order valence-electron chi connectivity index (χ3n) is 3.10. The Bertz CT molecular complexity index is 600. The number of nitrogens with zero attached hydrogens (tertiary/aromatic N) is 1. The second kappa shape index (κ2) is 6.41. The lowest BCUT2D eigenvalue weighted by molar-refractivity contribution is 0.475. The summed E-state index contributed by atoms with van der Waals surface area (Å²) in [5, 5.41) is 8.68. The Labute approximate surface area is 125 Å². The van der Waals surface area contributed by atoms with Gasteiger partial charge in [0.25, 0.3) is 0 Å². The van der Waals surface area contributed by atoms with Crippen molar-refractivity contribution in [3.05, 3.63) is 23.8 Å². The van der Waals surface area contributed by atoms with Crippen LogP contribution in [-0.2, 0) is 10.0 Å². The molecule has 3 N–H and O–H groups in total. The molecule has 1 aromatic carbocycles. The van der Waals surface area contributed by atoms with Crippen molar-refractivity contribution in [2.24, 2.45) is 5.73 Å². The van der Waals surface area contributed by atoms with Crippen molar-refractivity contribution < 1.29 is 13.5 Å². The van der Waals surface area contributed by atoms with E-state index in [4.69, 9.17) is 18.0 Å². The molecule has 20 heavy (non-hydrogen) atoms. The lowest BCUT2D eigenvalue weighted by atomic mass is 10.2. The van der Waals surface area contributed by atoms with Gasteiger partial charge in [0.15, 0.2) is 0 Å². The monoisotopic (exact) mass is 316 g/mol. The molecule has 1 atom stereocenters. The first-order chi connectivity index (χ1) is 9.25. The first kappa shape index (κ1) is 16.7. The van der Waals surface area contributed by atoms with Crippen LogP contribution in [-0.4, -0.2) is 30.3 Å². The summed E-state index contributed by atoms with van der Waals surface area (Å²) in [6, 6.07) is 4.62. The van der Waals surface area contributed by atoms with Crippen LogP contribution >= 0.6 is 12.2 Å². The summed E-state index contributed by atoms with van der Waals surface area (Å²) < 4.78 is 26.6. The van der Waals surface area contributed by atoms with E-state index in [-0.39, 0.29) is 17.3 Å². The fourth-order valence-electron chi connectivity index (χ4n) is 2.07. The number of hydrogen-bond donors (Lipinski definition) is 2. The number of hydrogen-bond acceptors (Lipinski definition) is 4. The van der Waals surface area contributed by atoms with Crippen molar-refractivity contribution in [2.75, 3.05) is 10.8 Å². The standard InChI is InChI=1S/C13H20N2O3S2/c1-4-12(13(14)19)20(17,18)15(5-2)11-8-10(16)7-6-9(11)3/h6-8,12,16H,4-5H2,1-3H3,(H2,14,19). The quantitative estimate of drug-likeness (QED) is 0.783. The van der Waals surface area contributed by atoms with E-state index >= 15 is 0 Å². The van der Waals surface area contributed by atoms with Gasteiger partial charge in [0.1, 0.15) is 11.0 Å². The van der Waals surface area contributed by atoms with Crippen LogP contribution in [0.4, 0.5) is 5.69 Å². The first-order valence-corrected chi connectivity index (χ1v) is 8.27. The molecule has 0 amide bonds. The zero-order chi connectivity index (χ0) is 15.5. The van der Waals surface area contributed by atoms with Crippen LogP contribution in [0.3, 0.4) is 0 Å². The normalized spacial score (nSPS) is 12.9. The number of benzene rings is 1. The van der Waals surface area contributed by atoms with Gasteiger partial charge >= 0.3 is 0 Å². The largest absolute Gasteiger partial charge is 0.508 e. The number of aryl methyl sites for hydroxylation is 1. The molecule has 0 saturated heterocycles. The van der Waals surface area contributed by atoms with Gasteiger partial charge in [0.2, 0.25) is 10.0 Å². The van der Waals surface area contributed by atoms with Gasteiger partial charge in [-0.3, -0.25) is 4.31 Å². The van der Waals surface area contributed by atoms with Crippen molar-refractivity contribution >= 4 is 32.9 Å². The minimum absolute atomic E-state index is 0.0163. The summed E-state index contributed by atoms with van der Waals surface area (Å²) in [5.41, 5.74) is 6.75. The van der Waals surface area contributed by atoms with Gasteiger partial charge in [-0.25, -0.2) is 8.42 Å². The number of anilines is 1. The Hall–Kier alpha value is -1.34. The summed E-state index contributed by atoms with van der Waals surface area (Å²) in [6.45, 7) is 5.48. The van der Waals surface area contributed by atoms with E-state index in [1.54, 1.807) is 26.8 Å². The molecule has 0 aliphatic carbocycles. The number of aromatic hydroxyl groups is 1. The molecule has 0 radical (unpaired) electrons. The maximum Gasteiger partial charge on any atom is 0.244 e. The lowest BCUT2D eigenvalue weighted by Crippen LogP contribution is -2.44. The SMILES string of the molecule is CCC(C(N)=S)S(=O)(=O)N(CC)c1cc(O)ccc1C. The fraction of sp³-hybridized carbons (Fsp3) is 0.462. The molecular formula is C13H20N2O3S2. The van der Waals surface area contributed by atoms with Gasteiger partial charge in [-0.1, -0.05) is 25.2 Å². The average Bonchev–Trinajstić information content (AvgIpc) is 2.34. The molecule has 112 valence electrons. The summed E-state index contributed by atoms with van der Waals surface area (Å²) in [5.74, 6) is 0.0163. The molecule has 0 fully saturated rings. The van der Waals surface area contributed by atoms with Crippen LogP contribution in [0.5, 0.6) is 5.75 Å². The van der Waals surface area contributed by atoms with Crippen molar-refractivity contribution in [3.63, 3.8) is 0 Å². The maximum atomic E-state index is 12.7. The van der Waals surface area contributed by atoms with Gasteiger partial charge in [-0.05, 0) is 31.9 Å². The number of phenols is 1. The minimum atomic E-state index is -3.70. The van der Waals surface area contributed by atoms with Crippen molar-refractivity contribution in [1.82, 2.24) is 0 Å². The zero-order valence-corrected chi connectivity index (χ0v) is 13.5.